The molecule has 0 aromatic heterocycles. The number of para-hydroxylation sites is 2. The summed E-state index contributed by atoms with van der Waals surface area (Å²) in [6.45, 7) is 0. The fraction of sp³-hybridized carbons (Fsp3) is 0.143. The Labute approximate surface area is 156 Å². The fourth-order valence-corrected chi connectivity index (χ4v) is 3.21. The molecule has 0 saturated heterocycles. The number of nitrogens with two attached hydrogens (primary N) is 1. The monoisotopic (exact) mass is 450 g/mol. The van der Waals surface area contributed by atoms with Gasteiger partial charge in [0.2, 0.25) is 0 Å². The van der Waals surface area contributed by atoms with E-state index in [1.54, 1.807) is 0 Å². The highest BCUT2D eigenvalue weighted by Crippen LogP contribution is 2.36. The lowest BCUT2D eigenvalue weighted by molar-refractivity contribution is -0.478. The van der Waals surface area contributed by atoms with E-state index >= 15 is 0 Å². The predicted molar refractivity (Wildman–Crippen MR) is 87.4 cm³/mol. The van der Waals surface area contributed by atoms with E-state index in [2.05, 4.69) is 53.8 Å². The quantitative estimate of drug-likeness (QED) is 0.571. The molecule has 0 heterocycles. The number of hydrogen-bond acceptors (Lipinski definition) is 4. The summed E-state index contributed by atoms with van der Waals surface area (Å²) in [6, 6.07) is 20.7. The average molecular weight is 450 g/mol. The molecule has 0 aliphatic heterocycles. The van der Waals surface area contributed by atoms with Crippen molar-refractivity contribution in [1.82, 2.24) is 0 Å². The first-order valence-corrected chi connectivity index (χ1v) is 9.85. The Bertz CT molecular complexity index is 881. The first-order chi connectivity index (χ1) is 12.7. The predicted octanol–water partition coefficient (Wildman–Crippen LogP) is 3.27. The number of benzene rings is 2. The molecular weight excluding hydrogens is 438 g/mol. The van der Waals surface area contributed by atoms with Crippen LogP contribution in [0.25, 0.3) is 4.13 Å². The largest absolute Gasteiger partial charge is 0.480 e. The first kappa shape index (κ1) is 23.9. The van der Waals surface area contributed by atoms with Gasteiger partial charge >= 0.3 is 11.0 Å². The molecule has 14 heteroatoms. The highest BCUT2D eigenvalue weighted by atomic mass is 32.3. The molecule has 0 amide bonds. The van der Waals surface area contributed by atoms with E-state index in [0.717, 1.165) is 4.13 Å². The van der Waals surface area contributed by atoms with Crippen LogP contribution in [0.2, 0.25) is 0 Å². The van der Waals surface area contributed by atoms with Crippen LogP contribution in [0.4, 0.5) is 37.7 Å². The molecule has 0 atom stereocenters. The Hall–Kier alpha value is -2.16. The molecule has 28 heavy (non-hydrogen) atoms. The normalized spacial score (nSPS) is 12.8. The Morgan fingerprint density at radius 2 is 0.893 bits per heavy atom. The maximum absolute atomic E-state index is 11.4. The van der Waals surface area contributed by atoms with Crippen molar-refractivity contribution in [1.29, 1.82) is 0 Å². The van der Waals surface area contributed by atoms with Crippen molar-refractivity contribution in [3.8, 4) is 0 Å². The molecule has 0 unspecified atom stereocenters. The molecule has 6 nitrogen and oxygen atoms in total. The van der Waals surface area contributed by atoms with Crippen LogP contribution in [0.5, 0.6) is 0 Å². The summed E-state index contributed by atoms with van der Waals surface area (Å²) in [4.78, 5) is 0. The summed E-state index contributed by atoms with van der Waals surface area (Å²) in [5.41, 5.74) is -9.92. The van der Waals surface area contributed by atoms with Crippen LogP contribution in [0, 0.1) is 0 Å². The second-order valence-electron chi connectivity index (χ2n) is 4.88. The molecule has 0 fully saturated rings. The van der Waals surface area contributed by atoms with Gasteiger partial charge in [-0.05, 0) is 24.3 Å². The Balaban J connectivity index is 0.000000281. The van der Waals surface area contributed by atoms with Gasteiger partial charge in [0.15, 0.2) is 20.0 Å². The second kappa shape index (κ2) is 8.89. The summed E-state index contributed by atoms with van der Waals surface area (Å²) >= 11 is 0. The van der Waals surface area contributed by atoms with Gasteiger partial charge < -0.3 is 4.13 Å². The van der Waals surface area contributed by atoms with Crippen molar-refractivity contribution >= 4 is 31.4 Å². The summed E-state index contributed by atoms with van der Waals surface area (Å²) in [5.74, 6) is 0. The lowest BCUT2D eigenvalue weighted by Gasteiger charge is -2.22. The Kier molecular flexibility index (Phi) is 7.59. The molecule has 0 bridgehead atoms. The van der Waals surface area contributed by atoms with Crippen molar-refractivity contribution in [2.24, 2.45) is 0 Å². The standard InChI is InChI=1S/C12H11N.C2F6NO4S2/c1-3-7-11(8-4-1)13-12-9-5-2-6-10-12;3-1(4,5)14(10,11)9-15(12,13)2(6,7)8/h1-10,13H;/q;-1/p+1. The number of halogens is 6. The molecule has 0 spiro atoms. The average Bonchev–Trinajstić information content (AvgIpc) is 2.54. The maximum atomic E-state index is 11.4. The molecular formula is C14H12F6N2O4S2. The number of nitrogens with zero attached hydrogens (tertiary/aromatic N) is 1. The van der Waals surface area contributed by atoms with Crippen LogP contribution in [-0.2, 0) is 20.0 Å². The zero-order valence-electron chi connectivity index (χ0n) is 13.5. The van der Waals surface area contributed by atoms with E-state index in [1.807, 2.05) is 12.1 Å². The Morgan fingerprint density at radius 3 is 1.14 bits per heavy atom. The minimum atomic E-state index is -6.72. The van der Waals surface area contributed by atoms with Crippen molar-refractivity contribution in [2.75, 3.05) is 0 Å². The molecule has 0 aliphatic rings. The minimum absolute atomic E-state index is 0.778. The fourth-order valence-electron chi connectivity index (χ4n) is 1.50. The highest BCUT2D eigenvalue weighted by molar-refractivity contribution is 8.13. The summed E-state index contributed by atoms with van der Waals surface area (Å²) < 4.78 is 109. The maximum Gasteiger partial charge on any atom is 0.480 e. The van der Waals surface area contributed by atoms with Crippen LogP contribution in [-0.4, -0.2) is 27.9 Å². The highest BCUT2D eigenvalue weighted by Gasteiger charge is 2.46. The third-order valence-electron chi connectivity index (χ3n) is 2.71. The molecule has 2 aromatic rings. The molecule has 2 N–H and O–H groups in total. The van der Waals surface area contributed by atoms with Gasteiger partial charge in [0.1, 0.15) is 11.4 Å². The smallest absolute Gasteiger partial charge is 0.421 e. The summed E-state index contributed by atoms with van der Waals surface area (Å²) in [7, 11) is -13.4. The van der Waals surface area contributed by atoms with Crippen LogP contribution in [0.1, 0.15) is 0 Å². The summed E-state index contributed by atoms with van der Waals surface area (Å²) in [6.07, 6.45) is 0. The van der Waals surface area contributed by atoms with Crippen LogP contribution < -0.4 is 5.32 Å². The number of hydrogen-bond donors (Lipinski definition) is 1. The van der Waals surface area contributed by atoms with E-state index in [4.69, 9.17) is 0 Å². The third-order valence-corrected chi connectivity index (χ3v) is 5.45. The minimum Gasteiger partial charge on any atom is -0.421 e. The second-order valence-corrected chi connectivity index (χ2v) is 8.30. The van der Waals surface area contributed by atoms with Crippen LogP contribution in [0.3, 0.4) is 0 Å². The van der Waals surface area contributed by atoms with Gasteiger partial charge in [-0.3, -0.25) is 5.32 Å². The van der Waals surface area contributed by atoms with E-state index in [0.29, 0.717) is 0 Å². The van der Waals surface area contributed by atoms with E-state index < -0.39 is 31.1 Å². The molecule has 156 valence electrons. The van der Waals surface area contributed by atoms with Crippen LogP contribution in [0.15, 0.2) is 60.7 Å². The number of quaternary nitrogens is 1. The zero-order valence-corrected chi connectivity index (χ0v) is 15.1. The zero-order chi connectivity index (χ0) is 21.6. The van der Waals surface area contributed by atoms with Gasteiger partial charge in [-0.2, -0.15) is 26.3 Å². The van der Waals surface area contributed by atoms with Crippen LogP contribution >= 0.6 is 0 Å². The Morgan fingerprint density at radius 1 is 0.607 bits per heavy atom. The topological polar surface area (TPSA) is 99.0 Å². The van der Waals surface area contributed by atoms with Gasteiger partial charge in [0.05, 0.1) is 0 Å². The number of alkyl halides is 6. The van der Waals surface area contributed by atoms with Crippen molar-refractivity contribution in [3.63, 3.8) is 0 Å². The molecule has 2 aromatic carbocycles. The lowest BCUT2D eigenvalue weighted by atomic mass is 10.3. The first-order valence-electron chi connectivity index (χ1n) is 6.97. The van der Waals surface area contributed by atoms with Crippen molar-refractivity contribution in [3.05, 3.63) is 64.8 Å². The van der Waals surface area contributed by atoms with Gasteiger partial charge in [0.25, 0.3) is 0 Å². The molecule has 0 radical (unpaired) electrons. The third kappa shape index (κ3) is 7.10. The van der Waals surface area contributed by atoms with E-state index in [-0.39, 0.29) is 0 Å². The lowest BCUT2D eigenvalue weighted by Crippen LogP contribution is -2.70. The van der Waals surface area contributed by atoms with Gasteiger partial charge in [-0.1, -0.05) is 36.4 Å². The SMILES string of the molecule is O=S(=O)([N-]S(=O)(=O)C(F)(F)F)C(F)(F)F.c1ccc([NH2+]c2ccccc2)cc1. The van der Waals surface area contributed by atoms with E-state index in [1.165, 1.54) is 11.4 Å². The van der Waals surface area contributed by atoms with Gasteiger partial charge in [-0.15, -0.1) is 0 Å². The molecule has 0 aliphatic carbocycles. The van der Waals surface area contributed by atoms with Gasteiger partial charge in [-0.25, -0.2) is 16.8 Å². The van der Waals surface area contributed by atoms with Crippen molar-refractivity contribution in [2.45, 2.75) is 11.0 Å². The summed E-state index contributed by atoms with van der Waals surface area (Å²) in [5, 5.41) is 2.17. The van der Waals surface area contributed by atoms with Gasteiger partial charge in [0, 0.05) is 0 Å². The van der Waals surface area contributed by atoms with E-state index in [9.17, 15) is 43.2 Å². The molecule has 2 rings (SSSR count). The molecule has 0 saturated carbocycles. The number of sulfonamides is 2. The number of rotatable bonds is 4. The van der Waals surface area contributed by atoms with Crippen molar-refractivity contribution < 1.29 is 48.5 Å².